The Labute approximate surface area is 194 Å². The van der Waals surface area contributed by atoms with Crippen LogP contribution in [0.15, 0.2) is 47.5 Å². The molecule has 3 aromatic heterocycles. The predicted octanol–water partition coefficient (Wildman–Crippen LogP) is 3.78. The number of fused-ring (bicyclic) bond motifs is 1. The Hall–Kier alpha value is -2.91. The van der Waals surface area contributed by atoms with Gasteiger partial charge in [0.15, 0.2) is 0 Å². The minimum atomic E-state index is -0.277. The van der Waals surface area contributed by atoms with Gasteiger partial charge in [-0.15, -0.1) is 23.1 Å². The van der Waals surface area contributed by atoms with E-state index in [4.69, 9.17) is 0 Å². The molecular weight excluding hydrogens is 442 g/mol. The highest BCUT2D eigenvalue weighted by Crippen LogP contribution is 2.26. The lowest BCUT2D eigenvalue weighted by Gasteiger charge is -2.14. The Bertz CT molecular complexity index is 1290. The van der Waals surface area contributed by atoms with Gasteiger partial charge in [-0.2, -0.15) is 5.10 Å². The van der Waals surface area contributed by atoms with E-state index in [-0.39, 0.29) is 16.7 Å². The van der Waals surface area contributed by atoms with Crippen LogP contribution in [0.2, 0.25) is 0 Å². The molecule has 1 amide bonds. The summed E-state index contributed by atoms with van der Waals surface area (Å²) < 4.78 is 1.86. The van der Waals surface area contributed by atoms with E-state index in [1.165, 1.54) is 23.1 Å². The summed E-state index contributed by atoms with van der Waals surface area (Å²) in [4.78, 5) is 34.4. The van der Waals surface area contributed by atoms with Gasteiger partial charge in [-0.3, -0.25) is 14.3 Å². The van der Waals surface area contributed by atoms with Crippen LogP contribution in [0.5, 0.6) is 0 Å². The van der Waals surface area contributed by atoms with Crippen LogP contribution in [0.4, 0.5) is 0 Å². The third kappa shape index (κ3) is 4.94. The molecule has 1 aromatic carbocycles. The van der Waals surface area contributed by atoms with E-state index in [0.717, 1.165) is 26.4 Å². The number of aromatic nitrogens is 4. The Kier molecular flexibility index (Phi) is 6.76. The van der Waals surface area contributed by atoms with E-state index >= 15 is 0 Å². The average molecular weight is 468 g/mol. The number of nitrogens with one attached hydrogen (secondary N) is 2. The summed E-state index contributed by atoms with van der Waals surface area (Å²) >= 11 is 2.98. The Morgan fingerprint density at radius 1 is 1.25 bits per heavy atom. The molecule has 0 fully saturated rings. The molecular formula is C23H25N5O2S2. The smallest absolute Gasteiger partial charge is 0.259 e. The highest BCUT2D eigenvalue weighted by Gasteiger charge is 2.16. The Morgan fingerprint density at radius 2 is 2.03 bits per heavy atom. The van der Waals surface area contributed by atoms with Gasteiger partial charge < -0.3 is 10.3 Å². The lowest BCUT2D eigenvalue weighted by Crippen LogP contribution is -2.31. The van der Waals surface area contributed by atoms with Crippen molar-refractivity contribution in [1.82, 2.24) is 25.1 Å². The second-order valence-electron chi connectivity index (χ2n) is 7.62. The first-order chi connectivity index (χ1) is 15.4. The zero-order valence-corrected chi connectivity index (χ0v) is 19.8. The van der Waals surface area contributed by atoms with Crippen molar-refractivity contribution in [2.45, 2.75) is 44.9 Å². The van der Waals surface area contributed by atoms with Gasteiger partial charge in [0.25, 0.3) is 5.56 Å². The molecule has 0 spiro atoms. The number of hydrogen-bond donors (Lipinski definition) is 2. The predicted molar refractivity (Wildman–Crippen MR) is 130 cm³/mol. The number of thioether (sulfide) groups is 1. The fourth-order valence-corrected chi connectivity index (χ4v) is 5.25. The van der Waals surface area contributed by atoms with E-state index in [1.54, 1.807) is 6.20 Å². The molecule has 0 aliphatic rings. The third-order valence-electron chi connectivity index (χ3n) is 5.39. The number of thiophene rings is 1. The first-order valence-corrected chi connectivity index (χ1v) is 12.2. The maximum atomic E-state index is 12.7. The molecule has 0 aliphatic carbocycles. The van der Waals surface area contributed by atoms with E-state index in [1.807, 2.05) is 62.0 Å². The topological polar surface area (TPSA) is 92.7 Å². The van der Waals surface area contributed by atoms with E-state index in [2.05, 4.69) is 20.4 Å². The second kappa shape index (κ2) is 9.70. The average Bonchev–Trinajstić information content (AvgIpc) is 3.39. The molecule has 4 rings (SSSR count). The maximum absolute atomic E-state index is 12.7. The summed E-state index contributed by atoms with van der Waals surface area (Å²) in [6.45, 7) is 6.92. The molecule has 0 saturated carbocycles. The summed E-state index contributed by atoms with van der Waals surface area (Å²) in [7, 11) is 0. The first kappa shape index (κ1) is 22.3. The maximum Gasteiger partial charge on any atom is 0.259 e. The van der Waals surface area contributed by atoms with Crippen LogP contribution in [0.3, 0.4) is 0 Å². The number of carbonyl (C=O) groups is 1. The number of aromatic amines is 1. The van der Waals surface area contributed by atoms with Crippen molar-refractivity contribution in [2.24, 2.45) is 0 Å². The lowest BCUT2D eigenvalue weighted by atomic mass is 10.1. The highest BCUT2D eigenvalue weighted by atomic mass is 32.2. The Balaban J connectivity index is 1.35. The summed E-state index contributed by atoms with van der Waals surface area (Å²) in [6, 6.07) is 9.92. The molecule has 0 saturated heterocycles. The van der Waals surface area contributed by atoms with Crippen molar-refractivity contribution in [3.05, 3.63) is 80.5 Å². The molecule has 166 valence electrons. The van der Waals surface area contributed by atoms with Gasteiger partial charge >= 0.3 is 0 Å². The molecule has 0 aliphatic heterocycles. The standard InChI is InChI=1S/C23H25N5O2S2/c1-14-15(2)32-23-20(14)22(30)26-19(27-23)13-31-16(3)21(29)24-11-17-7-4-5-8-18(17)12-28-10-6-9-25-28/h4-10,16H,11-13H2,1-3H3,(H,24,29)(H,26,27,30). The minimum absolute atomic E-state index is 0.0462. The van der Waals surface area contributed by atoms with Crippen molar-refractivity contribution in [2.75, 3.05) is 0 Å². The molecule has 0 radical (unpaired) electrons. The minimum Gasteiger partial charge on any atom is -0.351 e. The number of nitrogens with zero attached hydrogens (tertiary/aromatic N) is 3. The summed E-state index contributed by atoms with van der Waals surface area (Å²) in [5.74, 6) is 1.01. The van der Waals surface area contributed by atoms with Crippen molar-refractivity contribution in [1.29, 1.82) is 0 Å². The van der Waals surface area contributed by atoms with Crippen molar-refractivity contribution >= 4 is 39.2 Å². The first-order valence-electron chi connectivity index (χ1n) is 10.3. The fourth-order valence-electron chi connectivity index (χ4n) is 3.43. The molecule has 3 heterocycles. The quantitative estimate of drug-likeness (QED) is 0.411. The van der Waals surface area contributed by atoms with Crippen LogP contribution in [0.25, 0.3) is 10.2 Å². The Morgan fingerprint density at radius 3 is 2.78 bits per heavy atom. The number of amides is 1. The van der Waals surface area contributed by atoms with Crippen LogP contribution >= 0.6 is 23.1 Å². The molecule has 7 nitrogen and oxygen atoms in total. The molecule has 32 heavy (non-hydrogen) atoms. The summed E-state index contributed by atoms with van der Waals surface area (Å²) in [5.41, 5.74) is 3.05. The summed E-state index contributed by atoms with van der Waals surface area (Å²) in [5, 5.41) is 7.67. The van der Waals surface area contributed by atoms with Gasteiger partial charge in [-0.1, -0.05) is 24.3 Å². The highest BCUT2D eigenvalue weighted by molar-refractivity contribution is 7.99. The molecule has 1 atom stereocenters. The monoisotopic (exact) mass is 467 g/mol. The zero-order chi connectivity index (χ0) is 22.7. The number of hydrogen-bond acceptors (Lipinski definition) is 6. The largest absolute Gasteiger partial charge is 0.351 e. The summed E-state index contributed by atoms with van der Waals surface area (Å²) in [6.07, 6.45) is 3.67. The number of aryl methyl sites for hydroxylation is 2. The van der Waals surface area contributed by atoms with Crippen LogP contribution in [0, 0.1) is 13.8 Å². The number of H-pyrrole nitrogens is 1. The SMILES string of the molecule is Cc1sc2nc(CSC(C)C(=O)NCc3ccccc3Cn3cccn3)[nH]c(=O)c2c1C. The number of rotatable bonds is 8. The van der Waals surface area contributed by atoms with Crippen LogP contribution in [-0.2, 0) is 23.6 Å². The van der Waals surface area contributed by atoms with Gasteiger partial charge in [0.2, 0.25) is 5.91 Å². The molecule has 2 N–H and O–H groups in total. The van der Waals surface area contributed by atoms with Crippen LogP contribution in [-0.4, -0.2) is 30.9 Å². The van der Waals surface area contributed by atoms with Gasteiger partial charge in [-0.05, 0) is 43.5 Å². The fraction of sp³-hybridized carbons (Fsp3) is 0.304. The zero-order valence-electron chi connectivity index (χ0n) is 18.2. The van der Waals surface area contributed by atoms with Crippen molar-refractivity contribution in [3.8, 4) is 0 Å². The van der Waals surface area contributed by atoms with Gasteiger partial charge in [0.1, 0.15) is 10.7 Å². The lowest BCUT2D eigenvalue weighted by molar-refractivity contribution is -0.120. The van der Waals surface area contributed by atoms with Gasteiger partial charge in [-0.25, -0.2) is 4.98 Å². The normalized spacial score (nSPS) is 12.2. The molecule has 9 heteroatoms. The molecule has 1 unspecified atom stereocenters. The van der Waals surface area contributed by atoms with E-state index < -0.39 is 0 Å². The van der Waals surface area contributed by atoms with Gasteiger partial charge in [0.05, 0.1) is 22.9 Å². The molecule has 4 aromatic rings. The van der Waals surface area contributed by atoms with Crippen molar-refractivity contribution in [3.63, 3.8) is 0 Å². The molecule has 0 bridgehead atoms. The van der Waals surface area contributed by atoms with E-state index in [9.17, 15) is 9.59 Å². The van der Waals surface area contributed by atoms with E-state index in [0.29, 0.717) is 30.1 Å². The van der Waals surface area contributed by atoms with Gasteiger partial charge in [0, 0.05) is 23.8 Å². The number of benzene rings is 1. The van der Waals surface area contributed by atoms with Crippen LogP contribution in [0.1, 0.15) is 34.3 Å². The second-order valence-corrected chi connectivity index (χ2v) is 10.2. The number of carbonyl (C=O) groups excluding carboxylic acids is 1. The third-order valence-corrected chi connectivity index (χ3v) is 7.65. The van der Waals surface area contributed by atoms with Crippen LogP contribution < -0.4 is 10.9 Å². The van der Waals surface area contributed by atoms with Crippen molar-refractivity contribution < 1.29 is 4.79 Å².